The lowest BCUT2D eigenvalue weighted by atomic mass is 9.99. The lowest BCUT2D eigenvalue weighted by Crippen LogP contribution is -1.95. The van der Waals surface area contributed by atoms with Crippen molar-refractivity contribution in [1.82, 2.24) is 4.98 Å². The summed E-state index contributed by atoms with van der Waals surface area (Å²) in [6.45, 7) is 2.15. The van der Waals surface area contributed by atoms with Crippen LogP contribution >= 0.6 is 11.3 Å². The molecule has 0 unspecified atom stereocenters. The SMILES string of the molecule is Cc1cnc(-c2cccc3c2sc2ccccc23)cc1Cc1ccccc1. The summed E-state index contributed by atoms with van der Waals surface area (Å²) in [6, 6.07) is 28.1. The van der Waals surface area contributed by atoms with Crippen LogP contribution in [0.25, 0.3) is 31.4 Å². The molecular weight excluding hydrogens is 346 g/mol. The zero-order chi connectivity index (χ0) is 18.2. The molecule has 0 saturated heterocycles. The summed E-state index contributed by atoms with van der Waals surface area (Å²) >= 11 is 1.86. The molecule has 0 spiro atoms. The summed E-state index contributed by atoms with van der Waals surface area (Å²) in [7, 11) is 0. The average Bonchev–Trinajstić information content (AvgIpc) is 3.09. The number of rotatable bonds is 3. The number of pyridine rings is 1. The minimum absolute atomic E-state index is 0.935. The second kappa shape index (κ2) is 6.64. The van der Waals surface area contributed by atoms with E-state index in [0.29, 0.717) is 0 Å². The lowest BCUT2D eigenvalue weighted by molar-refractivity contribution is 1.12. The van der Waals surface area contributed by atoms with Crippen molar-refractivity contribution in [3.8, 4) is 11.3 Å². The van der Waals surface area contributed by atoms with Crippen LogP contribution in [0.15, 0.2) is 85.1 Å². The quantitative estimate of drug-likeness (QED) is 0.335. The molecular formula is C25H19NS. The Balaban J connectivity index is 1.66. The van der Waals surface area contributed by atoms with E-state index in [1.807, 2.05) is 17.5 Å². The highest BCUT2D eigenvalue weighted by atomic mass is 32.1. The fourth-order valence-electron chi connectivity index (χ4n) is 3.67. The van der Waals surface area contributed by atoms with Crippen LogP contribution in [-0.4, -0.2) is 4.98 Å². The van der Waals surface area contributed by atoms with Crippen molar-refractivity contribution in [2.75, 3.05) is 0 Å². The molecule has 5 rings (SSSR count). The molecule has 5 aromatic rings. The molecule has 1 nitrogen and oxygen atoms in total. The Morgan fingerprint density at radius 3 is 2.48 bits per heavy atom. The highest BCUT2D eigenvalue weighted by molar-refractivity contribution is 7.26. The van der Waals surface area contributed by atoms with Gasteiger partial charge in [-0.2, -0.15) is 0 Å². The number of aromatic nitrogens is 1. The minimum Gasteiger partial charge on any atom is -0.256 e. The molecule has 0 aliphatic carbocycles. The number of thiophene rings is 1. The highest BCUT2D eigenvalue weighted by Crippen LogP contribution is 2.39. The first-order chi connectivity index (χ1) is 13.3. The van der Waals surface area contributed by atoms with E-state index >= 15 is 0 Å². The average molecular weight is 366 g/mol. The number of fused-ring (bicyclic) bond motifs is 3. The van der Waals surface area contributed by atoms with Crippen LogP contribution in [0.5, 0.6) is 0 Å². The number of aryl methyl sites for hydroxylation is 1. The normalized spacial score (nSPS) is 11.3. The maximum absolute atomic E-state index is 4.78. The number of nitrogens with zero attached hydrogens (tertiary/aromatic N) is 1. The maximum Gasteiger partial charge on any atom is 0.0719 e. The largest absolute Gasteiger partial charge is 0.256 e. The van der Waals surface area contributed by atoms with Gasteiger partial charge < -0.3 is 0 Å². The van der Waals surface area contributed by atoms with Crippen molar-refractivity contribution in [2.24, 2.45) is 0 Å². The van der Waals surface area contributed by atoms with Crippen LogP contribution in [-0.2, 0) is 6.42 Å². The van der Waals surface area contributed by atoms with E-state index in [-0.39, 0.29) is 0 Å². The molecule has 0 fully saturated rings. The summed E-state index contributed by atoms with van der Waals surface area (Å²) in [5.41, 5.74) is 6.19. The smallest absolute Gasteiger partial charge is 0.0719 e. The van der Waals surface area contributed by atoms with Crippen molar-refractivity contribution in [1.29, 1.82) is 0 Å². The summed E-state index contributed by atoms with van der Waals surface area (Å²) in [6.07, 6.45) is 2.95. The number of hydrogen-bond donors (Lipinski definition) is 0. The molecule has 0 aliphatic heterocycles. The fourth-order valence-corrected chi connectivity index (χ4v) is 4.89. The van der Waals surface area contributed by atoms with Gasteiger partial charge in [-0.05, 0) is 42.2 Å². The van der Waals surface area contributed by atoms with Crippen LogP contribution in [0.1, 0.15) is 16.7 Å². The second-order valence-electron chi connectivity index (χ2n) is 6.94. The van der Waals surface area contributed by atoms with Crippen molar-refractivity contribution in [2.45, 2.75) is 13.3 Å². The zero-order valence-corrected chi connectivity index (χ0v) is 16.0. The molecule has 0 atom stereocenters. The summed E-state index contributed by atoms with van der Waals surface area (Å²) < 4.78 is 2.65. The van der Waals surface area contributed by atoms with Gasteiger partial charge in [-0.3, -0.25) is 4.98 Å². The maximum atomic E-state index is 4.78. The molecule has 0 amide bonds. The van der Waals surface area contributed by atoms with Crippen molar-refractivity contribution >= 4 is 31.5 Å². The van der Waals surface area contributed by atoms with E-state index < -0.39 is 0 Å². The molecule has 0 N–H and O–H groups in total. The van der Waals surface area contributed by atoms with Crippen LogP contribution < -0.4 is 0 Å². The van der Waals surface area contributed by atoms with Gasteiger partial charge in [-0.25, -0.2) is 0 Å². The van der Waals surface area contributed by atoms with Gasteiger partial charge in [0.2, 0.25) is 0 Å². The van der Waals surface area contributed by atoms with Gasteiger partial charge in [0.15, 0.2) is 0 Å². The topological polar surface area (TPSA) is 12.9 Å². The van der Waals surface area contributed by atoms with Crippen molar-refractivity contribution in [3.63, 3.8) is 0 Å². The van der Waals surface area contributed by atoms with E-state index in [2.05, 4.69) is 85.8 Å². The first kappa shape index (κ1) is 16.2. The number of hydrogen-bond acceptors (Lipinski definition) is 2. The van der Waals surface area contributed by atoms with Gasteiger partial charge in [0.05, 0.1) is 5.69 Å². The van der Waals surface area contributed by atoms with Crippen LogP contribution in [0.4, 0.5) is 0 Å². The standard InChI is InChI=1S/C25H19NS/c1-17-16-26-23(15-19(17)14-18-8-3-2-4-9-18)22-12-7-11-21-20-10-5-6-13-24(20)27-25(21)22/h2-13,15-16H,14H2,1H3. The monoisotopic (exact) mass is 365 g/mol. The molecule has 2 heterocycles. The Labute approximate surface area is 162 Å². The third-order valence-electron chi connectivity index (χ3n) is 5.13. The summed E-state index contributed by atoms with van der Waals surface area (Å²) in [5.74, 6) is 0. The zero-order valence-electron chi connectivity index (χ0n) is 15.1. The molecule has 0 radical (unpaired) electrons. The predicted molar refractivity (Wildman–Crippen MR) is 117 cm³/mol. The van der Waals surface area contributed by atoms with Crippen LogP contribution in [0, 0.1) is 6.92 Å². The van der Waals surface area contributed by atoms with Crippen molar-refractivity contribution < 1.29 is 0 Å². The third-order valence-corrected chi connectivity index (χ3v) is 6.35. The Morgan fingerprint density at radius 2 is 1.59 bits per heavy atom. The van der Waals surface area contributed by atoms with Gasteiger partial charge in [0.1, 0.15) is 0 Å². The Bertz CT molecular complexity index is 1250. The fraction of sp³-hybridized carbons (Fsp3) is 0.0800. The first-order valence-corrected chi connectivity index (χ1v) is 10.0. The summed E-state index contributed by atoms with van der Waals surface area (Å²) in [5, 5.41) is 2.65. The van der Waals surface area contributed by atoms with E-state index in [1.54, 1.807) is 0 Å². The van der Waals surface area contributed by atoms with E-state index in [1.165, 1.54) is 42.4 Å². The first-order valence-electron chi connectivity index (χ1n) is 9.20. The minimum atomic E-state index is 0.935. The number of benzene rings is 3. The van der Waals surface area contributed by atoms with Gasteiger partial charge in [-0.15, -0.1) is 11.3 Å². The van der Waals surface area contributed by atoms with Gasteiger partial charge in [-0.1, -0.05) is 66.7 Å². The van der Waals surface area contributed by atoms with E-state index in [4.69, 9.17) is 4.98 Å². The molecule has 0 saturated carbocycles. The molecule has 3 aromatic carbocycles. The van der Waals surface area contributed by atoms with Gasteiger partial charge in [0.25, 0.3) is 0 Å². The third kappa shape index (κ3) is 2.92. The molecule has 130 valence electrons. The molecule has 2 aromatic heterocycles. The molecule has 0 aliphatic rings. The van der Waals surface area contributed by atoms with E-state index in [0.717, 1.165) is 12.1 Å². The van der Waals surface area contributed by atoms with E-state index in [9.17, 15) is 0 Å². The molecule has 27 heavy (non-hydrogen) atoms. The van der Waals surface area contributed by atoms with Crippen LogP contribution in [0.2, 0.25) is 0 Å². The Kier molecular flexibility index (Phi) is 3.99. The van der Waals surface area contributed by atoms with Gasteiger partial charge in [0, 0.05) is 31.9 Å². The predicted octanol–water partition coefficient (Wildman–Crippen LogP) is 7.02. The lowest BCUT2D eigenvalue weighted by Gasteiger charge is -2.09. The molecule has 2 heteroatoms. The summed E-state index contributed by atoms with van der Waals surface area (Å²) in [4.78, 5) is 4.78. The highest BCUT2D eigenvalue weighted by Gasteiger charge is 2.12. The molecule has 0 bridgehead atoms. The van der Waals surface area contributed by atoms with Crippen LogP contribution in [0.3, 0.4) is 0 Å². The van der Waals surface area contributed by atoms with Crippen molar-refractivity contribution in [3.05, 3.63) is 102 Å². The second-order valence-corrected chi connectivity index (χ2v) is 7.99. The Morgan fingerprint density at radius 1 is 0.815 bits per heavy atom. The Hall–Kier alpha value is -2.97. The van der Waals surface area contributed by atoms with Gasteiger partial charge >= 0.3 is 0 Å².